The van der Waals surface area contributed by atoms with Gasteiger partial charge in [0.15, 0.2) is 5.78 Å². The van der Waals surface area contributed by atoms with E-state index in [1.165, 1.54) is 0 Å². The average molecular weight is 512 g/mol. The first-order chi connectivity index (χ1) is 18.1. The van der Waals surface area contributed by atoms with Gasteiger partial charge in [0.25, 0.3) is 0 Å². The summed E-state index contributed by atoms with van der Waals surface area (Å²) in [4.78, 5) is 28.2. The Morgan fingerprint density at radius 3 is 2.57 bits per heavy atom. The van der Waals surface area contributed by atoms with Gasteiger partial charge in [-0.05, 0) is 53.8 Å². The van der Waals surface area contributed by atoms with Crippen molar-refractivity contribution in [2.24, 2.45) is 5.73 Å². The van der Waals surface area contributed by atoms with Gasteiger partial charge in [0.2, 0.25) is 5.91 Å². The van der Waals surface area contributed by atoms with E-state index in [9.17, 15) is 9.59 Å². The molecule has 0 unspecified atom stereocenters. The summed E-state index contributed by atoms with van der Waals surface area (Å²) in [5, 5.41) is 0. The minimum absolute atomic E-state index is 0.208. The molecule has 5 rings (SSSR count). The van der Waals surface area contributed by atoms with Gasteiger partial charge in [-0.3, -0.25) is 9.59 Å². The van der Waals surface area contributed by atoms with Crippen LogP contribution >= 0.6 is 11.8 Å². The quantitative estimate of drug-likeness (QED) is 0.293. The standard InChI is InChI=1S/C30H29N3O3S/c31-30(35)23-11-9-21(10-12-23)18-37-19-26-24-7-4-8-27(34)25(24)13-14-28(26)36-29(17-33-16-15-32-20-33)22-5-2-1-3-6-22/h1-3,5-6,9-16,20,29H,4,7-8,17-19H2,(H2,31,35)/t29-/m1/s1. The molecule has 7 heteroatoms. The first-order valence-corrected chi connectivity index (χ1v) is 13.6. The fraction of sp³-hybridized carbons (Fsp3) is 0.233. The molecule has 188 valence electrons. The summed E-state index contributed by atoms with van der Waals surface area (Å²) in [6.45, 7) is 0.624. The van der Waals surface area contributed by atoms with E-state index in [0.717, 1.165) is 57.9 Å². The van der Waals surface area contributed by atoms with E-state index in [1.807, 2.05) is 53.2 Å². The molecule has 4 aromatic rings. The maximum Gasteiger partial charge on any atom is 0.248 e. The molecule has 0 saturated heterocycles. The van der Waals surface area contributed by atoms with Crippen molar-refractivity contribution in [2.75, 3.05) is 0 Å². The number of rotatable bonds is 10. The molecular formula is C30H29N3O3S. The molecule has 0 aliphatic heterocycles. The number of amides is 1. The molecule has 37 heavy (non-hydrogen) atoms. The number of hydrogen-bond donors (Lipinski definition) is 1. The van der Waals surface area contributed by atoms with Gasteiger partial charge >= 0.3 is 0 Å². The third kappa shape index (κ3) is 5.94. The second-order valence-corrected chi connectivity index (χ2v) is 10.2. The minimum Gasteiger partial charge on any atom is -0.484 e. The monoisotopic (exact) mass is 511 g/mol. The van der Waals surface area contributed by atoms with E-state index in [2.05, 4.69) is 17.1 Å². The highest BCUT2D eigenvalue weighted by Gasteiger charge is 2.24. The molecule has 0 spiro atoms. The van der Waals surface area contributed by atoms with E-state index < -0.39 is 5.91 Å². The number of Topliss-reactive ketones (excluding diaryl/α,β-unsaturated/α-hetero) is 1. The van der Waals surface area contributed by atoms with E-state index >= 15 is 0 Å². The van der Waals surface area contributed by atoms with Gasteiger partial charge in [0.05, 0.1) is 12.9 Å². The minimum atomic E-state index is -0.426. The van der Waals surface area contributed by atoms with E-state index in [4.69, 9.17) is 10.5 Å². The van der Waals surface area contributed by atoms with Crippen LogP contribution in [-0.2, 0) is 24.5 Å². The van der Waals surface area contributed by atoms with Gasteiger partial charge in [-0.2, -0.15) is 11.8 Å². The highest BCUT2D eigenvalue weighted by atomic mass is 32.2. The Kier molecular flexibility index (Phi) is 7.70. The SMILES string of the molecule is NC(=O)c1ccc(CSCc2c(O[C@H](Cn3ccnc3)c3ccccc3)ccc3c2CCCC3=O)cc1. The molecule has 0 fully saturated rings. The molecular weight excluding hydrogens is 482 g/mol. The largest absolute Gasteiger partial charge is 0.484 e. The number of thioether (sulfide) groups is 1. The average Bonchev–Trinajstić information content (AvgIpc) is 3.43. The van der Waals surface area contributed by atoms with Crippen molar-refractivity contribution >= 4 is 23.5 Å². The number of primary amides is 1. The molecule has 3 aromatic carbocycles. The Balaban J connectivity index is 1.42. The predicted octanol–water partition coefficient (Wildman–Crippen LogP) is 5.75. The first kappa shape index (κ1) is 24.8. The van der Waals surface area contributed by atoms with Crippen LogP contribution in [0.1, 0.15) is 61.9 Å². The van der Waals surface area contributed by atoms with Crippen molar-refractivity contribution in [1.29, 1.82) is 0 Å². The van der Waals surface area contributed by atoms with E-state index in [0.29, 0.717) is 18.5 Å². The van der Waals surface area contributed by atoms with Crippen LogP contribution in [0.15, 0.2) is 85.5 Å². The van der Waals surface area contributed by atoms with Gasteiger partial charge < -0.3 is 15.0 Å². The van der Waals surface area contributed by atoms with Gasteiger partial charge in [-0.15, -0.1) is 0 Å². The molecule has 0 radical (unpaired) electrons. The molecule has 0 saturated carbocycles. The molecule has 1 heterocycles. The number of aromatic nitrogens is 2. The molecule has 2 N–H and O–H groups in total. The molecule has 1 atom stereocenters. The highest BCUT2D eigenvalue weighted by Crippen LogP contribution is 2.37. The zero-order valence-corrected chi connectivity index (χ0v) is 21.3. The van der Waals surface area contributed by atoms with Crippen LogP contribution in [0.3, 0.4) is 0 Å². The van der Waals surface area contributed by atoms with Gasteiger partial charge in [-0.1, -0.05) is 42.5 Å². The number of carbonyl (C=O) groups is 2. The number of ether oxygens (including phenoxy) is 1. The van der Waals surface area contributed by atoms with Crippen LogP contribution in [0.2, 0.25) is 0 Å². The summed E-state index contributed by atoms with van der Waals surface area (Å²) < 4.78 is 8.74. The first-order valence-electron chi connectivity index (χ1n) is 12.4. The van der Waals surface area contributed by atoms with Crippen molar-refractivity contribution < 1.29 is 14.3 Å². The summed E-state index contributed by atoms with van der Waals surface area (Å²) in [5.74, 6) is 2.09. The fourth-order valence-electron chi connectivity index (χ4n) is 4.70. The Morgan fingerprint density at radius 1 is 1.03 bits per heavy atom. The number of nitrogens with two attached hydrogens (primary N) is 1. The Labute approximate surface area is 220 Å². The molecule has 1 amide bonds. The van der Waals surface area contributed by atoms with Gasteiger partial charge in [-0.25, -0.2) is 4.98 Å². The summed E-state index contributed by atoms with van der Waals surface area (Å²) in [5.41, 5.74) is 11.1. The van der Waals surface area contributed by atoms with Crippen molar-refractivity contribution in [2.45, 2.75) is 43.4 Å². The summed E-state index contributed by atoms with van der Waals surface area (Å²) in [7, 11) is 0. The number of imidazole rings is 1. The lowest BCUT2D eigenvalue weighted by Crippen LogP contribution is -2.18. The van der Waals surface area contributed by atoms with Crippen LogP contribution in [-0.4, -0.2) is 21.2 Å². The third-order valence-corrected chi connectivity index (χ3v) is 7.68. The molecule has 1 aromatic heterocycles. The topological polar surface area (TPSA) is 87.2 Å². The molecule has 1 aliphatic carbocycles. The molecule has 0 bridgehead atoms. The Bertz CT molecular complexity index is 1370. The normalized spacial score (nSPS) is 13.7. The van der Waals surface area contributed by atoms with Crippen LogP contribution < -0.4 is 10.5 Å². The predicted molar refractivity (Wildman–Crippen MR) is 146 cm³/mol. The number of hydrogen-bond acceptors (Lipinski definition) is 5. The zero-order valence-electron chi connectivity index (χ0n) is 20.5. The summed E-state index contributed by atoms with van der Waals surface area (Å²) in [6.07, 6.45) is 7.62. The van der Waals surface area contributed by atoms with Crippen LogP contribution in [0.5, 0.6) is 5.75 Å². The fourth-order valence-corrected chi connectivity index (χ4v) is 5.75. The van der Waals surface area contributed by atoms with Gasteiger partial charge in [0.1, 0.15) is 11.9 Å². The zero-order chi connectivity index (χ0) is 25.6. The lowest BCUT2D eigenvalue weighted by molar-refractivity contribution is 0.0969. The van der Waals surface area contributed by atoms with Crippen LogP contribution in [0.4, 0.5) is 0 Å². The van der Waals surface area contributed by atoms with E-state index in [-0.39, 0.29) is 11.9 Å². The van der Waals surface area contributed by atoms with Crippen LogP contribution in [0.25, 0.3) is 0 Å². The summed E-state index contributed by atoms with van der Waals surface area (Å²) in [6, 6.07) is 21.5. The lowest BCUT2D eigenvalue weighted by atomic mass is 9.87. The summed E-state index contributed by atoms with van der Waals surface area (Å²) >= 11 is 1.77. The Hall–Kier alpha value is -3.84. The maximum absolute atomic E-state index is 12.7. The van der Waals surface area contributed by atoms with Crippen LogP contribution in [0, 0.1) is 0 Å². The number of carbonyl (C=O) groups excluding carboxylic acids is 2. The Morgan fingerprint density at radius 2 is 1.84 bits per heavy atom. The van der Waals surface area contributed by atoms with Gasteiger partial charge in [0, 0.05) is 47.0 Å². The maximum atomic E-state index is 12.7. The van der Waals surface area contributed by atoms with Crippen molar-refractivity contribution in [3.05, 3.63) is 119 Å². The highest BCUT2D eigenvalue weighted by molar-refractivity contribution is 7.97. The number of benzene rings is 3. The van der Waals surface area contributed by atoms with E-state index in [1.54, 1.807) is 36.4 Å². The van der Waals surface area contributed by atoms with Crippen molar-refractivity contribution in [1.82, 2.24) is 9.55 Å². The smallest absolute Gasteiger partial charge is 0.248 e. The second-order valence-electron chi connectivity index (χ2n) is 9.18. The second kappa shape index (κ2) is 11.5. The third-order valence-electron chi connectivity index (χ3n) is 6.65. The molecule has 1 aliphatic rings. The molecule has 6 nitrogen and oxygen atoms in total. The number of ketones is 1. The number of nitrogens with zero attached hydrogens (tertiary/aromatic N) is 2. The number of fused-ring (bicyclic) bond motifs is 1. The lowest BCUT2D eigenvalue weighted by Gasteiger charge is -2.25. The van der Waals surface area contributed by atoms with Crippen molar-refractivity contribution in [3.63, 3.8) is 0 Å². The van der Waals surface area contributed by atoms with Crippen molar-refractivity contribution in [3.8, 4) is 5.75 Å².